The molecule has 0 heterocycles. The van der Waals surface area contributed by atoms with Gasteiger partial charge in [-0.15, -0.1) is 0 Å². The normalized spacial score (nSPS) is 15.4. The van der Waals surface area contributed by atoms with E-state index in [2.05, 4.69) is 17.4 Å². The first kappa shape index (κ1) is 12.1. The van der Waals surface area contributed by atoms with Gasteiger partial charge in [-0.2, -0.15) is 0 Å². The van der Waals surface area contributed by atoms with Gasteiger partial charge in [-0.1, -0.05) is 43.2 Å². The molecule has 19 heavy (non-hydrogen) atoms. The van der Waals surface area contributed by atoms with Gasteiger partial charge < -0.3 is 10.1 Å². The molecule has 1 fully saturated rings. The molecule has 2 aromatic carbocycles. The lowest BCUT2D eigenvalue weighted by atomic mass is 10.2. The first-order chi connectivity index (χ1) is 9.42. The molecule has 1 N–H and O–H groups in total. The Morgan fingerprint density at radius 3 is 2.32 bits per heavy atom. The van der Waals surface area contributed by atoms with Crippen molar-refractivity contribution in [2.24, 2.45) is 0 Å². The Morgan fingerprint density at radius 2 is 1.53 bits per heavy atom. The summed E-state index contributed by atoms with van der Waals surface area (Å²) in [6.07, 6.45) is 5.19. The minimum Gasteiger partial charge on any atom is -0.455 e. The van der Waals surface area contributed by atoms with Crippen LogP contribution < -0.4 is 10.1 Å². The second kappa shape index (κ2) is 5.79. The quantitative estimate of drug-likeness (QED) is 0.842. The number of hydrogen-bond donors (Lipinski definition) is 1. The highest BCUT2D eigenvalue weighted by Gasteiger charge is 2.16. The summed E-state index contributed by atoms with van der Waals surface area (Å²) in [5.74, 6) is 1.78. The predicted molar refractivity (Wildman–Crippen MR) is 78.8 cm³/mol. The van der Waals surface area contributed by atoms with E-state index in [1.54, 1.807) is 0 Å². The zero-order valence-electron chi connectivity index (χ0n) is 11.0. The van der Waals surface area contributed by atoms with Crippen LogP contribution in [0.15, 0.2) is 54.6 Å². The van der Waals surface area contributed by atoms with E-state index in [0.717, 1.165) is 17.2 Å². The maximum Gasteiger partial charge on any atom is 0.150 e. The van der Waals surface area contributed by atoms with Crippen molar-refractivity contribution in [3.63, 3.8) is 0 Å². The molecular formula is C17H19NO. The van der Waals surface area contributed by atoms with Crippen molar-refractivity contribution in [2.45, 2.75) is 31.7 Å². The van der Waals surface area contributed by atoms with E-state index in [0.29, 0.717) is 6.04 Å². The molecule has 0 radical (unpaired) electrons. The van der Waals surface area contributed by atoms with E-state index in [4.69, 9.17) is 4.74 Å². The van der Waals surface area contributed by atoms with Gasteiger partial charge in [-0.25, -0.2) is 0 Å². The SMILES string of the molecule is c1ccc(Oc2ccccc2NC2CCCC2)cc1. The molecule has 0 unspecified atom stereocenters. The van der Waals surface area contributed by atoms with E-state index in [9.17, 15) is 0 Å². The fourth-order valence-corrected chi connectivity index (χ4v) is 2.58. The summed E-state index contributed by atoms with van der Waals surface area (Å²) in [6, 6.07) is 18.7. The first-order valence-electron chi connectivity index (χ1n) is 7.00. The molecule has 0 aliphatic heterocycles. The van der Waals surface area contributed by atoms with Gasteiger partial charge in [0.05, 0.1) is 5.69 Å². The molecule has 2 nitrogen and oxygen atoms in total. The highest BCUT2D eigenvalue weighted by atomic mass is 16.5. The van der Waals surface area contributed by atoms with Crippen LogP contribution in [0.4, 0.5) is 5.69 Å². The molecule has 0 atom stereocenters. The molecule has 0 bridgehead atoms. The van der Waals surface area contributed by atoms with Crippen LogP contribution in [-0.4, -0.2) is 6.04 Å². The third-order valence-electron chi connectivity index (χ3n) is 3.57. The van der Waals surface area contributed by atoms with Gasteiger partial charge in [0.1, 0.15) is 5.75 Å². The van der Waals surface area contributed by atoms with E-state index < -0.39 is 0 Å². The van der Waals surface area contributed by atoms with E-state index in [1.165, 1.54) is 25.7 Å². The van der Waals surface area contributed by atoms with Crippen LogP contribution >= 0.6 is 0 Å². The predicted octanol–water partition coefficient (Wildman–Crippen LogP) is 4.83. The zero-order valence-corrected chi connectivity index (χ0v) is 11.0. The lowest BCUT2D eigenvalue weighted by Crippen LogP contribution is -2.14. The molecule has 0 spiro atoms. The van der Waals surface area contributed by atoms with Gasteiger partial charge in [-0.05, 0) is 37.1 Å². The van der Waals surface area contributed by atoms with Crippen LogP contribution in [0.1, 0.15) is 25.7 Å². The Morgan fingerprint density at radius 1 is 0.842 bits per heavy atom. The Bertz CT molecular complexity index is 518. The topological polar surface area (TPSA) is 21.3 Å². The second-order valence-corrected chi connectivity index (χ2v) is 5.04. The Kier molecular flexibility index (Phi) is 3.68. The molecule has 2 heteroatoms. The summed E-state index contributed by atoms with van der Waals surface area (Å²) in [4.78, 5) is 0. The summed E-state index contributed by atoms with van der Waals surface area (Å²) in [7, 11) is 0. The van der Waals surface area contributed by atoms with Crippen molar-refractivity contribution in [2.75, 3.05) is 5.32 Å². The summed E-state index contributed by atoms with van der Waals surface area (Å²) in [6.45, 7) is 0. The molecule has 0 aromatic heterocycles. The van der Waals surface area contributed by atoms with Crippen molar-refractivity contribution in [1.82, 2.24) is 0 Å². The maximum absolute atomic E-state index is 5.96. The highest BCUT2D eigenvalue weighted by Crippen LogP contribution is 2.31. The summed E-state index contributed by atoms with van der Waals surface area (Å²) in [5, 5.41) is 3.60. The number of benzene rings is 2. The van der Waals surface area contributed by atoms with Gasteiger partial charge in [-0.3, -0.25) is 0 Å². The lowest BCUT2D eigenvalue weighted by molar-refractivity contribution is 0.483. The van der Waals surface area contributed by atoms with Gasteiger partial charge in [0.25, 0.3) is 0 Å². The van der Waals surface area contributed by atoms with Gasteiger partial charge in [0, 0.05) is 6.04 Å². The van der Waals surface area contributed by atoms with Crippen molar-refractivity contribution in [3.8, 4) is 11.5 Å². The highest BCUT2D eigenvalue weighted by molar-refractivity contribution is 5.58. The summed E-state index contributed by atoms with van der Waals surface area (Å²) >= 11 is 0. The van der Waals surface area contributed by atoms with Gasteiger partial charge in [0.15, 0.2) is 5.75 Å². The zero-order chi connectivity index (χ0) is 12.9. The van der Waals surface area contributed by atoms with E-state index >= 15 is 0 Å². The number of rotatable bonds is 4. The van der Waals surface area contributed by atoms with Crippen LogP contribution in [0.3, 0.4) is 0 Å². The van der Waals surface area contributed by atoms with Crippen molar-refractivity contribution in [1.29, 1.82) is 0 Å². The molecule has 3 rings (SSSR count). The lowest BCUT2D eigenvalue weighted by Gasteiger charge is -2.17. The minimum absolute atomic E-state index is 0.598. The minimum atomic E-state index is 0.598. The van der Waals surface area contributed by atoms with Gasteiger partial charge in [0.2, 0.25) is 0 Å². The molecule has 0 saturated heterocycles. The van der Waals surface area contributed by atoms with Gasteiger partial charge >= 0.3 is 0 Å². The number of hydrogen-bond acceptors (Lipinski definition) is 2. The number of anilines is 1. The summed E-state index contributed by atoms with van der Waals surface area (Å²) in [5.41, 5.74) is 1.10. The Balaban J connectivity index is 1.77. The van der Waals surface area contributed by atoms with Crippen LogP contribution in [-0.2, 0) is 0 Å². The molecule has 1 aliphatic rings. The second-order valence-electron chi connectivity index (χ2n) is 5.04. The molecule has 1 saturated carbocycles. The first-order valence-corrected chi connectivity index (χ1v) is 7.00. The van der Waals surface area contributed by atoms with Crippen LogP contribution in [0, 0.1) is 0 Å². The molecule has 0 amide bonds. The average molecular weight is 253 g/mol. The standard InChI is InChI=1S/C17H19NO/c1-2-10-15(11-3-1)19-17-13-7-6-12-16(17)18-14-8-4-5-9-14/h1-3,6-7,10-14,18H,4-5,8-9H2. The fourth-order valence-electron chi connectivity index (χ4n) is 2.58. The number of para-hydroxylation sites is 3. The van der Waals surface area contributed by atoms with Crippen molar-refractivity contribution in [3.05, 3.63) is 54.6 Å². The number of nitrogens with one attached hydrogen (secondary N) is 1. The monoisotopic (exact) mass is 253 g/mol. The number of ether oxygens (including phenoxy) is 1. The molecule has 2 aromatic rings. The average Bonchev–Trinajstić information content (AvgIpc) is 2.95. The molecule has 1 aliphatic carbocycles. The smallest absolute Gasteiger partial charge is 0.150 e. The fraction of sp³-hybridized carbons (Fsp3) is 0.294. The molecular weight excluding hydrogens is 234 g/mol. The third-order valence-corrected chi connectivity index (χ3v) is 3.57. The Labute approximate surface area is 114 Å². The summed E-state index contributed by atoms with van der Waals surface area (Å²) < 4.78 is 5.96. The van der Waals surface area contributed by atoms with Crippen molar-refractivity contribution < 1.29 is 4.74 Å². The maximum atomic E-state index is 5.96. The van der Waals surface area contributed by atoms with E-state index in [1.807, 2.05) is 42.5 Å². The van der Waals surface area contributed by atoms with Crippen LogP contribution in [0.5, 0.6) is 11.5 Å². The Hall–Kier alpha value is -1.96. The molecule has 98 valence electrons. The largest absolute Gasteiger partial charge is 0.455 e. The van der Waals surface area contributed by atoms with Crippen LogP contribution in [0.25, 0.3) is 0 Å². The van der Waals surface area contributed by atoms with Crippen LogP contribution in [0.2, 0.25) is 0 Å². The van der Waals surface area contributed by atoms with Crippen molar-refractivity contribution >= 4 is 5.69 Å². The van der Waals surface area contributed by atoms with E-state index in [-0.39, 0.29) is 0 Å². The third kappa shape index (κ3) is 3.08.